The molecule has 1 aromatic carbocycles. The third kappa shape index (κ3) is 4.25. The van der Waals surface area contributed by atoms with E-state index in [9.17, 15) is 5.26 Å². The Balaban J connectivity index is 2.03. The van der Waals surface area contributed by atoms with Gasteiger partial charge in [0.05, 0.1) is 12.7 Å². The second-order valence-electron chi connectivity index (χ2n) is 5.42. The number of benzene rings is 1. The van der Waals surface area contributed by atoms with E-state index in [0.717, 1.165) is 11.3 Å². The molecule has 0 aliphatic heterocycles. The molecule has 0 bridgehead atoms. The van der Waals surface area contributed by atoms with E-state index in [1.165, 1.54) is 38.5 Å². The average molecular weight is 272 g/mol. The first-order valence-corrected chi connectivity index (χ1v) is 7.72. The minimum Gasteiger partial charge on any atom is -0.494 e. The van der Waals surface area contributed by atoms with E-state index in [2.05, 4.69) is 11.4 Å². The molecule has 0 amide bonds. The lowest BCUT2D eigenvalue weighted by molar-refractivity contribution is 0.339. The van der Waals surface area contributed by atoms with Gasteiger partial charge in [0, 0.05) is 6.04 Å². The Morgan fingerprint density at radius 1 is 1.30 bits per heavy atom. The lowest BCUT2D eigenvalue weighted by atomic mass is 10.0. The highest BCUT2D eigenvalue weighted by atomic mass is 16.5. The maximum absolute atomic E-state index is 9.45. The second-order valence-corrected chi connectivity index (χ2v) is 5.42. The smallest absolute Gasteiger partial charge is 0.121 e. The zero-order chi connectivity index (χ0) is 14.2. The highest BCUT2D eigenvalue weighted by Crippen LogP contribution is 2.23. The van der Waals surface area contributed by atoms with Gasteiger partial charge in [0.25, 0.3) is 0 Å². The molecular formula is C17H24N2O. The van der Waals surface area contributed by atoms with E-state index in [0.29, 0.717) is 12.6 Å². The summed E-state index contributed by atoms with van der Waals surface area (Å²) < 4.78 is 5.51. The van der Waals surface area contributed by atoms with Gasteiger partial charge in [-0.15, -0.1) is 0 Å². The number of nitrogens with one attached hydrogen (secondary N) is 1. The van der Waals surface area contributed by atoms with Crippen LogP contribution in [-0.2, 0) is 0 Å². The standard InChI is InChI=1S/C17H24N2O/c1-2-20-16-11-7-8-14(12-16)17(13-18)19-15-9-5-3-4-6-10-15/h7-8,11-12,15,17,19H,2-6,9-10H2,1H3. The molecule has 3 heteroatoms. The molecule has 108 valence electrons. The first-order chi connectivity index (χ1) is 9.83. The third-order valence-electron chi connectivity index (χ3n) is 3.89. The highest BCUT2D eigenvalue weighted by Gasteiger charge is 2.18. The van der Waals surface area contributed by atoms with Crippen molar-refractivity contribution in [3.8, 4) is 11.8 Å². The van der Waals surface area contributed by atoms with Crippen LogP contribution in [0.3, 0.4) is 0 Å². The Hall–Kier alpha value is -1.53. The van der Waals surface area contributed by atoms with Crippen molar-refractivity contribution < 1.29 is 4.74 Å². The molecule has 0 spiro atoms. The summed E-state index contributed by atoms with van der Waals surface area (Å²) >= 11 is 0. The van der Waals surface area contributed by atoms with E-state index < -0.39 is 0 Å². The number of nitrogens with zero attached hydrogens (tertiary/aromatic N) is 1. The minimum absolute atomic E-state index is 0.237. The van der Waals surface area contributed by atoms with Gasteiger partial charge in [-0.25, -0.2) is 0 Å². The van der Waals surface area contributed by atoms with Crippen LogP contribution in [-0.4, -0.2) is 12.6 Å². The zero-order valence-corrected chi connectivity index (χ0v) is 12.3. The molecular weight excluding hydrogens is 248 g/mol. The Morgan fingerprint density at radius 2 is 2.05 bits per heavy atom. The van der Waals surface area contributed by atoms with Crippen LogP contribution in [0.2, 0.25) is 0 Å². The van der Waals surface area contributed by atoms with Crippen molar-refractivity contribution >= 4 is 0 Å². The van der Waals surface area contributed by atoms with Crippen LogP contribution in [0.4, 0.5) is 0 Å². The van der Waals surface area contributed by atoms with Crippen molar-refractivity contribution in [2.75, 3.05) is 6.61 Å². The van der Waals surface area contributed by atoms with Crippen LogP contribution in [0.1, 0.15) is 57.1 Å². The van der Waals surface area contributed by atoms with Gasteiger partial charge < -0.3 is 4.74 Å². The van der Waals surface area contributed by atoms with Gasteiger partial charge >= 0.3 is 0 Å². The maximum atomic E-state index is 9.45. The van der Waals surface area contributed by atoms with Crippen molar-refractivity contribution in [2.45, 2.75) is 57.5 Å². The number of ether oxygens (including phenoxy) is 1. The number of rotatable bonds is 5. The van der Waals surface area contributed by atoms with Crippen LogP contribution >= 0.6 is 0 Å². The number of hydrogen-bond acceptors (Lipinski definition) is 3. The fourth-order valence-corrected chi connectivity index (χ4v) is 2.84. The Bertz CT molecular complexity index is 445. The monoisotopic (exact) mass is 272 g/mol. The molecule has 1 unspecified atom stereocenters. The zero-order valence-electron chi connectivity index (χ0n) is 12.3. The molecule has 0 heterocycles. The molecule has 1 saturated carbocycles. The van der Waals surface area contributed by atoms with Crippen LogP contribution in [0.5, 0.6) is 5.75 Å². The molecule has 0 radical (unpaired) electrons. The predicted octanol–water partition coefficient (Wildman–Crippen LogP) is 3.96. The maximum Gasteiger partial charge on any atom is 0.121 e. The van der Waals surface area contributed by atoms with Crippen molar-refractivity contribution in [3.63, 3.8) is 0 Å². The van der Waals surface area contributed by atoms with Gasteiger partial charge in [-0.1, -0.05) is 37.8 Å². The summed E-state index contributed by atoms with van der Waals surface area (Å²) in [5, 5.41) is 13.0. The van der Waals surface area contributed by atoms with Gasteiger partial charge in [0.1, 0.15) is 11.8 Å². The number of nitriles is 1. The predicted molar refractivity (Wildman–Crippen MR) is 80.6 cm³/mol. The van der Waals surface area contributed by atoms with Crippen molar-refractivity contribution in [3.05, 3.63) is 29.8 Å². The highest BCUT2D eigenvalue weighted by molar-refractivity contribution is 5.33. The molecule has 1 fully saturated rings. The van der Waals surface area contributed by atoms with E-state index in [-0.39, 0.29) is 6.04 Å². The summed E-state index contributed by atoms with van der Waals surface area (Å²) in [4.78, 5) is 0. The van der Waals surface area contributed by atoms with E-state index in [1.807, 2.05) is 31.2 Å². The fraction of sp³-hybridized carbons (Fsp3) is 0.588. The van der Waals surface area contributed by atoms with Crippen LogP contribution in [0.15, 0.2) is 24.3 Å². The van der Waals surface area contributed by atoms with Gasteiger partial charge in [-0.3, -0.25) is 5.32 Å². The van der Waals surface area contributed by atoms with Gasteiger partial charge in [0.2, 0.25) is 0 Å². The molecule has 1 aromatic rings. The first kappa shape index (κ1) is 14.9. The SMILES string of the molecule is CCOc1cccc(C(C#N)NC2CCCCCC2)c1. The molecule has 2 rings (SSSR count). The first-order valence-electron chi connectivity index (χ1n) is 7.72. The van der Waals surface area contributed by atoms with Crippen LogP contribution in [0.25, 0.3) is 0 Å². The quantitative estimate of drug-likeness (QED) is 0.825. The largest absolute Gasteiger partial charge is 0.494 e. The topological polar surface area (TPSA) is 45.0 Å². The van der Waals surface area contributed by atoms with Crippen LogP contribution in [0, 0.1) is 11.3 Å². The summed E-state index contributed by atoms with van der Waals surface area (Å²) in [5.41, 5.74) is 1.00. The molecule has 1 N–H and O–H groups in total. The summed E-state index contributed by atoms with van der Waals surface area (Å²) in [5.74, 6) is 0.841. The molecule has 1 aliphatic rings. The lowest BCUT2D eigenvalue weighted by Gasteiger charge is -2.21. The summed E-state index contributed by atoms with van der Waals surface area (Å²) in [7, 11) is 0. The average Bonchev–Trinajstić information content (AvgIpc) is 2.74. The Labute approximate surface area is 121 Å². The second kappa shape index (κ2) is 7.91. The van der Waals surface area contributed by atoms with Gasteiger partial charge in [0.15, 0.2) is 0 Å². The molecule has 3 nitrogen and oxygen atoms in total. The molecule has 0 aromatic heterocycles. The molecule has 20 heavy (non-hydrogen) atoms. The van der Waals surface area contributed by atoms with Gasteiger partial charge in [-0.05, 0) is 37.5 Å². The summed E-state index contributed by atoms with van der Waals surface area (Å²) in [6.07, 6.45) is 7.57. The molecule has 0 saturated heterocycles. The Kier molecular flexibility index (Phi) is 5.88. The number of hydrogen-bond donors (Lipinski definition) is 1. The van der Waals surface area contributed by atoms with E-state index in [4.69, 9.17) is 4.74 Å². The fourth-order valence-electron chi connectivity index (χ4n) is 2.84. The summed E-state index contributed by atoms with van der Waals surface area (Å²) in [6.45, 7) is 2.62. The minimum atomic E-state index is -0.237. The van der Waals surface area contributed by atoms with Gasteiger partial charge in [-0.2, -0.15) is 5.26 Å². The lowest BCUT2D eigenvalue weighted by Crippen LogP contribution is -2.31. The summed E-state index contributed by atoms with van der Waals surface area (Å²) in [6, 6.07) is 10.5. The van der Waals surface area contributed by atoms with Crippen molar-refractivity contribution in [1.82, 2.24) is 5.32 Å². The van der Waals surface area contributed by atoms with Crippen molar-refractivity contribution in [2.24, 2.45) is 0 Å². The van der Waals surface area contributed by atoms with E-state index >= 15 is 0 Å². The normalized spacial score (nSPS) is 18.0. The Morgan fingerprint density at radius 3 is 2.70 bits per heavy atom. The molecule has 1 atom stereocenters. The van der Waals surface area contributed by atoms with Crippen LogP contribution < -0.4 is 10.1 Å². The van der Waals surface area contributed by atoms with Crippen molar-refractivity contribution in [1.29, 1.82) is 5.26 Å². The van der Waals surface area contributed by atoms with E-state index in [1.54, 1.807) is 0 Å². The third-order valence-corrected chi connectivity index (χ3v) is 3.89. The molecule has 1 aliphatic carbocycles.